The van der Waals surface area contributed by atoms with Crippen LogP contribution in [0.25, 0.3) is 0 Å². The zero-order valence-corrected chi connectivity index (χ0v) is 26.2. The maximum Gasteiger partial charge on any atom is 0.409 e. The van der Waals surface area contributed by atoms with Gasteiger partial charge in [-0.25, -0.2) is 17.6 Å². The summed E-state index contributed by atoms with van der Waals surface area (Å²) >= 11 is 6.17. The van der Waals surface area contributed by atoms with Crippen LogP contribution in [0.5, 0.6) is 0 Å². The Morgan fingerprint density at radius 1 is 1.19 bits per heavy atom. The van der Waals surface area contributed by atoms with Crippen LogP contribution in [-0.4, -0.2) is 80.7 Å². The fourth-order valence-corrected chi connectivity index (χ4v) is 8.88. The standard InChI is InChI=1S/C31H40ClFN4O5S/c1-21(31(22-8-10-23(32)11-9-22)14-16-36(17-15-31)30(39)42-2)29(38)35-28-7-3-6-27(33)26(28)13-12-25-19-34-24-5-4-18-43(40,41)37(25)20-24/h3,6-11,21,24-25,34H,4-5,12-20H2,1-2H3,(H,35,38)/t21-,24-,25+/m1/s1. The summed E-state index contributed by atoms with van der Waals surface area (Å²) in [5, 5.41) is 7.04. The molecule has 12 heteroatoms. The summed E-state index contributed by atoms with van der Waals surface area (Å²) in [6.45, 7) is 3.67. The van der Waals surface area contributed by atoms with Crippen molar-refractivity contribution < 1.29 is 27.1 Å². The Labute approximate surface area is 258 Å². The molecule has 3 saturated heterocycles. The summed E-state index contributed by atoms with van der Waals surface area (Å²) in [5.41, 5.74) is 1.11. The predicted molar refractivity (Wildman–Crippen MR) is 164 cm³/mol. The van der Waals surface area contributed by atoms with E-state index < -0.39 is 33.3 Å². The third-order valence-corrected chi connectivity index (χ3v) is 11.8. The highest BCUT2D eigenvalue weighted by Crippen LogP contribution is 2.43. The van der Waals surface area contributed by atoms with Crippen molar-refractivity contribution in [1.82, 2.24) is 14.5 Å². The number of halogens is 2. The molecule has 3 heterocycles. The molecule has 1 unspecified atom stereocenters. The number of anilines is 1. The van der Waals surface area contributed by atoms with Crippen LogP contribution in [0, 0.1) is 11.7 Å². The molecule has 2 N–H and O–H groups in total. The molecule has 2 amide bonds. The summed E-state index contributed by atoms with van der Waals surface area (Å²) in [7, 11) is -2.01. The summed E-state index contributed by atoms with van der Waals surface area (Å²) in [5.74, 6) is -1.09. The minimum absolute atomic E-state index is 0.132. The van der Waals surface area contributed by atoms with Crippen LogP contribution >= 0.6 is 11.6 Å². The molecule has 0 aliphatic carbocycles. The van der Waals surface area contributed by atoms with Gasteiger partial charge >= 0.3 is 6.09 Å². The SMILES string of the molecule is COC(=O)N1CCC(c2ccc(Cl)cc2)([C@H](C)C(=O)Nc2cccc(F)c2CC[C@H]2CN[C@@H]3CCCS(=O)(=O)N2C3)CC1. The molecule has 0 aromatic heterocycles. The first-order valence-corrected chi connectivity index (χ1v) is 16.9. The van der Waals surface area contributed by atoms with Gasteiger partial charge in [0.25, 0.3) is 0 Å². The number of methoxy groups -OCH3 is 1. The number of fused-ring (bicyclic) bond motifs is 2. The first-order valence-electron chi connectivity index (χ1n) is 14.9. The Hall–Kier alpha value is -2.73. The van der Waals surface area contributed by atoms with Gasteiger partial charge in [-0.05, 0) is 68.4 Å². The van der Waals surface area contributed by atoms with Crippen molar-refractivity contribution in [2.45, 2.75) is 62.9 Å². The van der Waals surface area contributed by atoms with Crippen molar-refractivity contribution in [3.63, 3.8) is 0 Å². The molecule has 2 aromatic rings. The molecule has 2 aromatic carbocycles. The molecule has 2 bridgehead atoms. The van der Waals surface area contributed by atoms with E-state index in [1.165, 1.54) is 13.2 Å². The number of rotatable bonds is 7. The molecular formula is C31H40ClFN4O5S. The van der Waals surface area contributed by atoms with Gasteiger partial charge in [0.05, 0.1) is 12.9 Å². The molecule has 4 atom stereocenters. The number of carbonyl (C=O) groups excluding carboxylic acids is 2. The van der Waals surface area contributed by atoms with Gasteiger partial charge in [-0.2, -0.15) is 4.31 Å². The maximum absolute atomic E-state index is 15.2. The summed E-state index contributed by atoms with van der Waals surface area (Å²) in [4.78, 5) is 27.7. The molecule has 0 saturated carbocycles. The highest BCUT2D eigenvalue weighted by molar-refractivity contribution is 7.89. The fraction of sp³-hybridized carbons (Fsp3) is 0.548. The number of hydrogen-bond donors (Lipinski definition) is 2. The molecule has 3 aliphatic rings. The number of nitrogens with one attached hydrogen (secondary N) is 2. The van der Waals surface area contributed by atoms with Crippen molar-refractivity contribution in [2.24, 2.45) is 5.92 Å². The first kappa shape index (κ1) is 31.7. The van der Waals surface area contributed by atoms with Gasteiger partial charge in [-0.1, -0.05) is 36.7 Å². The topological polar surface area (TPSA) is 108 Å². The van der Waals surface area contributed by atoms with Crippen molar-refractivity contribution in [3.05, 3.63) is 64.4 Å². The molecule has 234 valence electrons. The first-order chi connectivity index (χ1) is 20.5. The average Bonchev–Trinajstić information content (AvgIpc) is 3.12. The van der Waals surface area contributed by atoms with Gasteiger partial charge < -0.3 is 20.3 Å². The number of carbonyl (C=O) groups is 2. The van der Waals surface area contributed by atoms with Crippen LogP contribution in [0.1, 0.15) is 50.2 Å². The summed E-state index contributed by atoms with van der Waals surface area (Å²) in [6, 6.07) is 11.9. The number of sulfonamides is 1. The molecule has 0 spiro atoms. The lowest BCUT2D eigenvalue weighted by Gasteiger charge is -2.45. The number of hydrogen-bond acceptors (Lipinski definition) is 6. The molecular weight excluding hydrogens is 595 g/mol. The second-order valence-corrected chi connectivity index (χ2v) is 14.4. The fourth-order valence-electron chi connectivity index (χ4n) is 6.95. The number of benzene rings is 2. The second-order valence-electron chi connectivity index (χ2n) is 11.9. The monoisotopic (exact) mass is 634 g/mol. The zero-order chi connectivity index (χ0) is 30.8. The lowest BCUT2D eigenvalue weighted by atomic mass is 9.64. The van der Waals surface area contributed by atoms with Crippen LogP contribution in [0.15, 0.2) is 42.5 Å². The van der Waals surface area contributed by atoms with E-state index in [1.54, 1.807) is 33.5 Å². The quantitative estimate of drug-likeness (QED) is 0.463. The normalized spacial score (nSPS) is 25.3. The zero-order valence-electron chi connectivity index (χ0n) is 24.7. The Morgan fingerprint density at radius 2 is 1.91 bits per heavy atom. The van der Waals surface area contributed by atoms with E-state index in [9.17, 15) is 18.0 Å². The predicted octanol–water partition coefficient (Wildman–Crippen LogP) is 4.55. The molecule has 5 rings (SSSR count). The molecule has 43 heavy (non-hydrogen) atoms. The van der Waals surface area contributed by atoms with E-state index in [2.05, 4.69) is 10.6 Å². The minimum Gasteiger partial charge on any atom is -0.453 e. The molecule has 3 fully saturated rings. The van der Waals surface area contributed by atoms with Crippen LogP contribution in [0.2, 0.25) is 5.02 Å². The summed E-state index contributed by atoms with van der Waals surface area (Å²) in [6.07, 6.45) is 2.82. The van der Waals surface area contributed by atoms with Gasteiger partial charge in [0.1, 0.15) is 5.82 Å². The van der Waals surface area contributed by atoms with Gasteiger partial charge in [0, 0.05) is 65.9 Å². The van der Waals surface area contributed by atoms with E-state index in [1.807, 2.05) is 19.1 Å². The van der Waals surface area contributed by atoms with Crippen LogP contribution in [0.3, 0.4) is 0 Å². The molecule has 3 aliphatic heterocycles. The highest BCUT2D eigenvalue weighted by Gasteiger charge is 2.45. The number of ether oxygens (including phenoxy) is 1. The maximum atomic E-state index is 15.2. The van der Waals surface area contributed by atoms with E-state index in [4.69, 9.17) is 16.3 Å². The molecule has 0 radical (unpaired) electrons. The second kappa shape index (κ2) is 13.1. The number of nitrogens with zero attached hydrogens (tertiary/aromatic N) is 2. The van der Waals surface area contributed by atoms with E-state index in [-0.39, 0.29) is 30.2 Å². The lowest BCUT2D eigenvalue weighted by Crippen LogP contribution is -2.57. The lowest BCUT2D eigenvalue weighted by molar-refractivity contribution is -0.122. The third-order valence-electron chi connectivity index (χ3n) is 9.60. The van der Waals surface area contributed by atoms with Gasteiger partial charge in [-0.15, -0.1) is 0 Å². The Balaban J connectivity index is 1.35. The van der Waals surface area contributed by atoms with Crippen LogP contribution in [0.4, 0.5) is 14.9 Å². The summed E-state index contributed by atoms with van der Waals surface area (Å²) < 4.78 is 47.6. The van der Waals surface area contributed by atoms with Crippen molar-refractivity contribution >= 4 is 39.3 Å². The Kier molecular flexibility index (Phi) is 9.65. The Morgan fingerprint density at radius 3 is 2.60 bits per heavy atom. The van der Waals surface area contributed by atoms with Crippen molar-refractivity contribution in [2.75, 3.05) is 44.4 Å². The van der Waals surface area contributed by atoms with Gasteiger partial charge in [-0.3, -0.25) is 4.79 Å². The number of piperazine rings is 1. The Bertz CT molecular complexity index is 1430. The van der Waals surface area contributed by atoms with E-state index in [0.29, 0.717) is 68.1 Å². The van der Waals surface area contributed by atoms with Gasteiger partial charge in [0.15, 0.2) is 0 Å². The van der Waals surface area contributed by atoms with Gasteiger partial charge in [0.2, 0.25) is 15.9 Å². The van der Waals surface area contributed by atoms with Crippen LogP contribution in [-0.2, 0) is 31.4 Å². The highest BCUT2D eigenvalue weighted by atomic mass is 35.5. The number of amides is 2. The van der Waals surface area contributed by atoms with Crippen molar-refractivity contribution in [3.8, 4) is 0 Å². The molecule has 9 nitrogen and oxygen atoms in total. The number of piperidine rings is 1. The van der Waals surface area contributed by atoms with E-state index in [0.717, 1.165) is 12.0 Å². The minimum atomic E-state index is -3.37. The number of likely N-dealkylation sites (tertiary alicyclic amines) is 1. The van der Waals surface area contributed by atoms with Crippen molar-refractivity contribution in [1.29, 1.82) is 0 Å². The smallest absolute Gasteiger partial charge is 0.409 e. The third kappa shape index (κ3) is 6.69. The largest absolute Gasteiger partial charge is 0.453 e. The average molecular weight is 635 g/mol. The van der Waals surface area contributed by atoms with E-state index >= 15 is 4.39 Å². The van der Waals surface area contributed by atoms with Crippen LogP contribution < -0.4 is 10.6 Å².